The van der Waals surface area contributed by atoms with Crippen LogP contribution in [0.3, 0.4) is 0 Å². The maximum absolute atomic E-state index is 10.2. The summed E-state index contributed by atoms with van der Waals surface area (Å²) in [5.74, 6) is 0.626. The zero-order valence-electron chi connectivity index (χ0n) is 8.31. The molecule has 14 heavy (non-hydrogen) atoms. The summed E-state index contributed by atoms with van der Waals surface area (Å²) in [6.45, 7) is 2.28. The van der Waals surface area contributed by atoms with Crippen LogP contribution in [0.5, 0.6) is 0 Å². The predicted molar refractivity (Wildman–Crippen MR) is 56.8 cm³/mol. The summed E-state index contributed by atoms with van der Waals surface area (Å²) in [4.78, 5) is 12.6. The van der Waals surface area contributed by atoms with Gasteiger partial charge in [-0.15, -0.1) is 4.91 Å². The van der Waals surface area contributed by atoms with E-state index < -0.39 is 0 Å². The number of benzene rings is 1. The minimum Gasteiger partial charge on any atom is -0.306 e. The molecule has 0 bridgehead atoms. The van der Waals surface area contributed by atoms with Crippen LogP contribution in [0.15, 0.2) is 29.4 Å². The largest absolute Gasteiger partial charge is 0.306 e. The van der Waals surface area contributed by atoms with Crippen molar-refractivity contribution in [2.45, 2.75) is 12.3 Å². The number of nitrogens with zero attached hydrogens (tertiary/aromatic N) is 2. The van der Waals surface area contributed by atoms with E-state index in [0.717, 1.165) is 6.54 Å². The maximum Gasteiger partial charge on any atom is 0.108 e. The standard InChI is InChI=1S/C11H14N2O/c1-13-7-6-10(8-13)9-2-4-11(12-14)5-3-9/h2-5,10H,6-8H2,1H3. The van der Waals surface area contributed by atoms with Crippen LogP contribution >= 0.6 is 0 Å². The Morgan fingerprint density at radius 1 is 1.36 bits per heavy atom. The van der Waals surface area contributed by atoms with E-state index in [4.69, 9.17) is 0 Å². The maximum atomic E-state index is 10.2. The van der Waals surface area contributed by atoms with E-state index in [2.05, 4.69) is 17.1 Å². The molecule has 1 aromatic carbocycles. The fourth-order valence-electron chi connectivity index (χ4n) is 2.01. The molecule has 1 aliphatic rings. The Bertz CT molecular complexity index is 321. The van der Waals surface area contributed by atoms with Crippen molar-refractivity contribution in [3.8, 4) is 0 Å². The van der Waals surface area contributed by atoms with Gasteiger partial charge in [0.05, 0.1) is 0 Å². The van der Waals surface area contributed by atoms with E-state index in [1.807, 2.05) is 12.1 Å². The van der Waals surface area contributed by atoms with Crippen LogP contribution in [0, 0.1) is 4.91 Å². The van der Waals surface area contributed by atoms with Crippen LogP contribution < -0.4 is 0 Å². The van der Waals surface area contributed by atoms with Crippen molar-refractivity contribution >= 4 is 5.69 Å². The Kier molecular flexibility index (Phi) is 2.59. The molecule has 0 radical (unpaired) electrons. The van der Waals surface area contributed by atoms with Crippen LogP contribution in [0.2, 0.25) is 0 Å². The first-order valence-corrected chi connectivity index (χ1v) is 4.91. The lowest BCUT2D eigenvalue weighted by atomic mass is 9.98. The van der Waals surface area contributed by atoms with Gasteiger partial charge in [-0.1, -0.05) is 12.1 Å². The van der Waals surface area contributed by atoms with Crippen molar-refractivity contribution in [3.05, 3.63) is 34.7 Å². The molecule has 0 spiro atoms. The summed E-state index contributed by atoms with van der Waals surface area (Å²) < 4.78 is 0. The molecule has 0 aromatic heterocycles. The summed E-state index contributed by atoms with van der Waals surface area (Å²) in [6, 6.07) is 7.61. The summed E-state index contributed by atoms with van der Waals surface area (Å²) >= 11 is 0. The molecule has 0 aliphatic carbocycles. The van der Waals surface area contributed by atoms with Gasteiger partial charge in [0.1, 0.15) is 5.69 Å². The van der Waals surface area contributed by atoms with Crippen LogP contribution in [0.1, 0.15) is 17.9 Å². The van der Waals surface area contributed by atoms with E-state index in [-0.39, 0.29) is 0 Å². The fraction of sp³-hybridized carbons (Fsp3) is 0.455. The zero-order valence-corrected chi connectivity index (χ0v) is 8.31. The van der Waals surface area contributed by atoms with Gasteiger partial charge in [0.25, 0.3) is 0 Å². The molecule has 74 valence electrons. The normalized spacial score (nSPS) is 22.5. The number of hydrogen-bond donors (Lipinski definition) is 0. The molecule has 1 heterocycles. The number of hydrogen-bond acceptors (Lipinski definition) is 3. The van der Waals surface area contributed by atoms with Gasteiger partial charge in [0, 0.05) is 6.54 Å². The van der Waals surface area contributed by atoms with Crippen LogP contribution in [0.25, 0.3) is 0 Å². The molecule has 1 aromatic rings. The third-order valence-corrected chi connectivity index (χ3v) is 2.86. The van der Waals surface area contributed by atoms with Gasteiger partial charge in [-0.25, -0.2) is 0 Å². The Morgan fingerprint density at radius 3 is 2.57 bits per heavy atom. The molecule has 1 atom stereocenters. The van der Waals surface area contributed by atoms with E-state index in [1.54, 1.807) is 12.1 Å². The van der Waals surface area contributed by atoms with Crippen LogP contribution in [0.4, 0.5) is 5.69 Å². The Balaban J connectivity index is 2.13. The molecular formula is C11H14N2O. The van der Waals surface area contributed by atoms with Crippen molar-refractivity contribution < 1.29 is 0 Å². The third-order valence-electron chi connectivity index (χ3n) is 2.86. The van der Waals surface area contributed by atoms with E-state index in [1.165, 1.54) is 18.5 Å². The number of likely N-dealkylation sites (N-methyl/N-ethyl adjacent to an activating group) is 1. The van der Waals surface area contributed by atoms with E-state index >= 15 is 0 Å². The lowest BCUT2D eigenvalue weighted by molar-refractivity contribution is 0.411. The van der Waals surface area contributed by atoms with Gasteiger partial charge in [0.15, 0.2) is 0 Å². The van der Waals surface area contributed by atoms with Crippen molar-refractivity contribution in [2.24, 2.45) is 5.18 Å². The summed E-state index contributed by atoms with van der Waals surface area (Å²) in [5, 5.41) is 2.89. The number of likely N-dealkylation sites (tertiary alicyclic amines) is 1. The minimum atomic E-state index is 0.514. The second-order valence-corrected chi connectivity index (χ2v) is 3.93. The SMILES string of the molecule is CN1CCC(c2ccc(N=O)cc2)C1. The molecule has 1 unspecified atom stereocenters. The lowest BCUT2D eigenvalue weighted by Crippen LogP contribution is -2.13. The summed E-state index contributed by atoms with van der Waals surface area (Å²) in [5.41, 5.74) is 1.84. The second-order valence-electron chi connectivity index (χ2n) is 3.93. The Hall–Kier alpha value is -1.22. The Labute approximate surface area is 83.7 Å². The van der Waals surface area contributed by atoms with Gasteiger partial charge in [-0.05, 0) is 48.8 Å². The highest BCUT2D eigenvalue weighted by Gasteiger charge is 2.20. The predicted octanol–water partition coefficient (Wildman–Crippen LogP) is 2.50. The van der Waals surface area contributed by atoms with Crippen LogP contribution in [-0.4, -0.2) is 25.0 Å². The van der Waals surface area contributed by atoms with Gasteiger partial charge < -0.3 is 4.90 Å². The molecule has 3 heteroatoms. The van der Waals surface area contributed by atoms with Gasteiger partial charge in [-0.2, -0.15) is 0 Å². The molecule has 0 amide bonds. The molecule has 0 saturated carbocycles. The number of rotatable bonds is 2. The highest BCUT2D eigenvalue weighted by molar-refractivity contribution is 5.39. The lowest BCUT2D eigenvalue weighted by Gasteiger charge is -2.10. The third kappa shape index (κ3) is 1.82. The Morgan fingerprint density at radius 2 is 2.07 bits per heavy atom. The van der Waals surface area contributed by atoms with Gasteiger partial charge in [-0.3, -0.25) is 0 Å². The van der Waals surface area contributed by atoms with Crippen molar-refractivity contribution in [1.82, 2.24) is 4.90 Å². The molecule has 1 aliphatic heterocycles. The average molecular weight is 190 g/mol. The van der Waals surface area contributed by atoms with Gasteiger partial charge >= 0.3 is 0 Å². The summed E-state index contributed by atoms with van der Waals surface area (Å²) in [7, 11) is 2.14. The summed E-state index contributed by atoms with van der Waals surface area (Å²) in [6.07, 6.45) is 1.21. The topological polar surface area (TPSA) is 32.7 Å². The first-order chi connectivity index (χ1) is 6.79. The second kappa shape index (κ2) is 3.88. The van der Waals surface area contributed by atoms with Crippen molar-refractivity contribution in [1.29, 1.82) is 0 Å². The van der Waals surface area contributed by atoms with E-state index in [0.29, 0.717) is 11.6 Å². The van der Waals surface area contributed by atoms with Crippen molar-refractivity contribution in [2.75, 3.05) is 20.1 Å². The highest BCUT2D eigenvalue weighted by atomic mass is 16.3. The van der Waals surface area contributed by atoms with Gasteiger partial charge in [0.2, 0.25) is 0 Å². The number of nitroso groups, excluding NO2 is 1. The molecule has 1 fully saturated rings. The molecule has 0 N–H and O–H groups in total. The fourth-order valence-corrected chi connectivity index (χ4v) is 2.01. The molecular weight excluding hydrogens is 176 g/mol. The molecule has 1 saturated heterocycles. The van der Waals surface area contributed by atoms with Crippen molar-refractivity contribution in [3.63, 3.8) is 0 Å². The first kappa shape index (κ1) is 9.34. The minimum absolute atomic E-state index is 0.514. The monoisotopic (exact) mass is 190 g/mol. The molecule has 2 rings (SSSR count). The highest BCUT2D eigenvalue weighted by Crippen LogP contribution is 2.27. The first-order valence-electron chi connectivity index (χ1n) is 4.91. The smallest absolute Gasteiger partial charge is 0.108 e. The van der Waals surface area contributed by atoms with Crippen LogP contribution in [-0.2, 0) is 0 Å². The zero-order chi connectivity index (χ0) is 9.97. The molecule has 3 nitrogen and oxygen atoms in total. The average Bonchev–Trinajstić information content (AvgIpc) is 2.65. The van der Waals surface area contributed by atoms with E-state index in [9.17, 15) is 4.91 Å². The quantitative estimate of drug-likeness (QED) is 0.671.